The van der Waals surface area contributed by atoms with Crippen LogP contribution in [0.1, 0.15) is 32.6 Å². The zero-order chi connectivity index (χ0) is 12.5. The quantitative estimate of drug-likeness (QED) is 0.696. The second-order valence-electron chi connectivity index (χ2n) is 4.67. The molecule has 0 unspecified atom stereocenters. The third-order valence-corrected chi connectivity index (χ3v) is 3.36. The van der Waals surface area contributed by atoms with Crippen LogP contribution in [0.15, 0.2) is 0 Å². The summed E-state index contributed by atoms with van der Waals surface area (Å²) in [5, 5.41) is 0. The average Bonchev–Trinajstić information content (AvgIpc) is 2.57. The van der Waals surface area contributed by atoms with Crippen LogP contribution in [-0.2, 0) is 9.53 Å². The van der Waals surface area contributed by atoms with Crippen LogP contribution in [0.3, 0.4) is 0 Å². The molecule has 0 aliphatic carbocycles. The molecule has 1 amide bonds. The fraction of sp³-hybridized carbons (Fsp3) is 0.923. The molecule has 2 saturated heterocycles. The lowest BCUT2D eigenvalue weighted by molar-refractivity contribution is -0.129. The van der Waals surface area contributed by atoms with Crippen molar-refractivity contribution in [2.75, 3.05) is 46.4 Å². The lowest BCUT2D eigenvalue weighted by Crippen LogP contribution is -2.35. The predicted molar refractivity (Wildman–Crippen MR) is 69.0 cm³/mol. The van der Waals surface area contributed by atoms with Crippen LogP contribution in [0.4, 0.5) is 0 Å². The second-order valence-corrected chi connectivity index (χ2v) is 4.67. The maximum absolute atomic E-state index is 10.9. The van der Waals surface area contributed by atoms with Crippen molar-refractivity contribution in [2.24, 2.45) is 0 Å². The van der Waals surface area contributed by atoms with E-state index in [-0.39, 0.29) is 0 Å². The summed E-state index contributed by atoms with van der Waals surface area (Å²) >= 11 is 0. The molecule has 0 saturated carbocycles. The van der Waals surface area contributed by atoms with Crippen molar-refractivity contribution in [1.29, 1.82) is 0 Å². The Balaban J connectivity index is 0.000000171. The van der Waals surface area contributed by atoms with E-state index in [1.165, 1.54) is 19.4 Å². The van der Waals surface area contributed by atoms with Crippen LogP contribution in [0.2, 0.25) is 0 Å². The third kappa shape index (κ3) is 6.03. The van der Waals surface area contributed by atoms with Gasteiger partial charge in [0.25, 0.3) is 0 Å². The lowest BCUT2D eigenvalue weighted by Gasteiger charge is -2.24. The largest absolute Gasteiger partial charge is 0.379 e. The predicted octanol–water partition coefficient (Wildman–Crippen LogP) is 1.36. The van der Waals surface area contributed by atoms with E-state index in [0.29, 0.717) is 5.91 Å². The highest BCUT2D eigenvalue weighted by molar-refractivity contribution is 5.75. The molecule has 0 aromatic heterocycles. The first-order chi connectivity index (χ1) is 8.24. The Labute approximate surface area is 105 Å². The number of rotatable bonds is 1. The minimum absolute atomic E-state index is 0.313. The van der Waals surface area contributed by atoms with Crippen molar-refractivity contribution >= 4 is 5.91 Å². The highest BCUT2D eigenvalue weighted by atomic mass is 16.5. The standard InChI is InChI=1S/C7H13NO.C6H13NO/c1-8-6-4-2-3-5-7(8)9;1-2-7-3-5-8-6-4-7/h2-6H2,1H3;2-6H2,1H3. The van der Waals surface area contributed by atoms with E-state index in [1.807, 2.05) is 11.9 Å². The normalized spacial score (nSPS) is 22.7. The van der Waals surface area contributed by atoms with Crippen molar-refractivity contribution < 1.29 is 9.53 Å². The van der Waals surface area contributed by atoms with Gasteiger partial charge < -0.3 is 9.64 Å². The number of carbonyl (C=O) groups excluding carboxylic acids is 1. The molecule has 0 bridgehead atoms. The summed E-state index contributed by atoms with van der Waals surface area (Å²) in [7, 11) is 1.88. The lowest BCUT2D eigenvalue weighted by atomic mass is 10.2. The smallest absolute Gasteiger partial charge is 0.222 e. The Morgan fingerprint density at radius 1 is 1.12 bits per heavy atom. The molecule has 0 aromatic carbocycles. The molecule has 0 N–H and O–H groups in total. The summed E-state index contributed by atoms with van der Waals surface area (Å²) in [6.07, 6.45) is 4.25. The first-order valence-electron chi connectivity index (χ1n) is 6.78. The number of likely N-dealkylation sites (tertiary alicyclic amines) is 1. The van der Waals surface area contributed by atoms with Gasteiger partial charge in [0.15, 0.2) is 0 Å². The van der Waals surface area contributed by atoms with E-state index in [4.69, 9.17) is 4.74 Å². The molecule has 0 spiro atoms. The maximum atomic E-state index is 10.9. The first-order valence-corrected chi connectivity index (χ1v) is 6.78. The summed E-state index contributed by atoms with van der Waals surface area (Å²) < 4.78 is 5.16. The van der Waals surface area contributed by atoms with E-state index in [0.717, 1.165) is 45.7 Å². The maximum Gasteiger partial charge on any atom is 0.222 e. The molecule has 4 heteroatoms. The minimum atomic E-state index is 0.313. The van der Waals surface area contributed by atoms with Gasteiger partial charge in [0, 0.05) is 33.1 Å². The summed E-state index contributed by atoms with van der Waals surface area (Å²) in [5.41, 5.74) is 0. The van der Waals surface area contributed by atoms with Gasteiger partial charge in [-0.15, -0.1) is 0 Å². The van der Waals surface area contributed by atoms with Gasteiger partial charge in [0.2, 0.25) is 5.91 Å². The minimum Gasteiger partial charge on any atom is -0.379 e. The van der Waals surface area contributed by atoms with E-state index in [2.05, 4.69) is 11.8 Å². The van der Waals surface area contributed by atoms with Crippen molar-refractivity contribution in [3.8, 4) is 0 Å². The van der Waals surface area contributed by atoms with Crippen molar-refractivity contribution in [2.45, 2.75) is 32.6 Å². The van der Waals surface area contributed by atoms with Gasteiger partial charge in [-0.1, -0.05) is 13.3 Å². The third-order valence-electron chi connectivity index (χ3n) is 3.36. The second kappa shape index (κ2) is 8.48. The van der Waals surface area contributed by atoms with Gasteiger partial charge >= 0.3 is 0 Å². The highest BCUT2D eigenvalue weighted by Gasteiger charge is 2.10. The van der Waals surface area contributed by atoms with E-state index in [1.54, 1.807) is 0 Å². The molecule has 0 aromatic rings. The molecular formula is C13H26N2O2. The number of likely N-dealkylation sites (N-methyl/N-ethyl adjacent to an activating group) is 1. The SMILES string of the molecule is CCN1CCOCC1.CN1CCCCCC1=O. The van der Waals surface area contributed by atoms with Crippen molar-refractivity contribution in [3.63, 3.8) is 0 Å². The fourth-order valence-electron chi connectivity index (χ4n) is 2.03. The molecular weight excluding hydrogens is 216 g/mol. The first kappa shape index (κ1) is 14.5. The fourth-order valence-corrected chi connectivity index (χ4v) is 2.03. The van der Waals surface area contributed by atoms with Gasteiger partial charge in [-0.25, -0.2) is 0 Å². The number of carbonyl (C=O) groups is 1. The monoisotopic (exact) mass is 242 g/mol. The molecule has 100 valence electrons. The zero-order valence-electron chi connectivity index (χ0n) is 11.3. The van der Waals surface area contributed by atoms with Crippen LogP contribution >= 0.6 is 0 Å². The number of amides is 1. The molecule has 2 aliphatic rings. The Morgan fingerprint density at radius 3 is 2.41 bits per heavy atom. The molecule has 2 aliphatic heterocycles. The van der Waals surface area contributed by atoms with Crippen LogP contribution in [0, 0.1) is 0 Å². The molecule has 0 atom stereocenters. The average molecular weight is 242 g/mol. The number of hydrogen-bond donors (Lipinski definition) is 0. The molecule has 2 heterocycles. The summed E-state index contributed by atoms with van der Waals surface area (Å²) in [4.78, 5) is 15.2. The number of hydrogen-bond acceptors (Lipinski definition) is 3. The van der Waals surface area contributed by atoms with Crippen molar-refractivity contribution in [3.05, 3.63) is 0 Å². The van der Waals surface area contributed by atoms with Crippen LogP contribution < -0.4 is 0 Å². The summed E-state index contributed by atoms with van der Waals surface area (Å²) in [6.45, 7) is 8.40. The zero-order valence-corrected chi connectivity index (χ0v) is 11.3. The van der Waals surface area contributed by atoms with Gasteiger partial charge in [-0.05, 0) is 19.4 Å². The Hall–Kier alpha value is -0.610. The highest BCUT2D eigenvalue weighted by Crippen LogP contribution is 2.08. The molecule has 17 heavy (non-hydrogen) atoms. The molecule has 2 rings (SSSR count). The Bertz CT molecular complexity index is 215. The topological polar surface area (TPSA) is 32.8 Å². The molecule has 2 fully saturated rings. The summed E-state index contributed by atoms with van der Waals surface area (Å²) in [5.74, 6) is 0.313. The van der Waals surface area contributed by atoms with E-state index in [9.17, 15) is 4.79 Å². The van der Waals surface area contributed by atoms with Crippen LogP contribution in [0.25, 0.3) is 0 Å². The number of ether oxygens (including phenoxy) is 1. The van der Waals surface area contributed by atoms with Crippen LogP contribution in [0.5, 0.6) is 0 Å². The Morgan fingerprint density at radius 2 is 1.82 bits per heavy atom. The van der Waals surface area contributed by atoms with Gasteiger partial charge in [-0.2, -0.15) is 0 Å². The molecule has 0 radical (unpaired) electrons. The Kier molecular flexibility index (Phi) is 7.21. The number of nitrogens with zero attached hydrogens (tertiary/aromatic N) is 2. The van der Waals surface area contributed by atoms with Gasteiger partial charge in [0.1, 0.15) is 0 Å². The van der Waals surface area contributed by atoms with E-state index >= 15 is 0 Å². The number of morpholine rings is 1. The van der Waals surface area contributed by atoms with Gasteiger partial charge in [0.05, 0.1) is 13.2 Å². The van der Waals surface area contributed by atoms with Crippen LogP contribution in [-0.4, -0.2) is 62.1 Å². The summed E-state index contributed by atoms with van der Waals surface area (Å²) in [6, 6.07) is 0. The van der Waals surface area contributed by atoms with E-state index < -0.39 is 0 Å². The molecule has 4 nitrogen and oxygen atoms in total. The van der Waals surface area contributed by atoms with Gasteiger partial charge in [-0.3, -0.25) is 9.69 Å². The van der Waals surface area contributed by atoms with Crippen molar-refractivity contribution in [1.82, 2.24) is 9.80 Å².